The van der Waals surface area contributed by atoms with Crippen LogP contribution in [-0.4, -0.2) is 20.4 Å². The van der Waals surface area contributed by atoms with Crippen LogP contribution in [0.1, 0.15) is 102 Å². The smallest absolute Gasteiger partial charge is 0.122 e. The number of aryl methyl sites for hydroxylation is 4. The van der Waals surface area contributed by atoms with Gasteiger partial charge in [0.1, 0.15) is 23.0 Å². The quantitative estimate of drug-likeness (QED) is 0.172. The Hall–Kier alpha value is -3.92. The Morgan fingerprint density at radius 2 is 1.11 bits per heavy atom. The van der Waals surface area contributed by atoms with Gasteiger partial charge in [-0.05, 0) is 138 Å². The van der Waals surface area contributed by atoms with Gasteiger partial charge in [0.05, 0.1) is 0 Å². The van der Waals surface area contributed by atoms with Crippen molar-refractivity contribution in [3.8, 4) is 23.0 Å². The van der Waals surface area contributed by atoms with E-state index >= 15 is 0 Å². The first-order valence-electron chi connectivity index (χ1n) is 15.9. The molecule has 5 rings (SSSR count). The Kier molecular flexibility index (Phi) is 8.50. The zero-order valence-corrected chi connectivity index (χ0v) is 27.4. The summed E-state index contributed by atoms with van der Waals surface area (Å²) in [7, 11) is 0. The van der Waals surface area contributed by atoms with E-state index in [0.717, 1.165) is 70.2 Å². The summed E-state index contributed by atoms with van der Waals surface area (Å²) in [5, 5.41) is 41.9. The second kappa shape index (κ2) is 11.9. The molecule has 44 heavy (non-hydrogen) atoms. The van der Waals surface area contributed by atoms with Crippen LogP contribution >= 0.6 is 0 Å². The molecular formula is C40H48O4. The molecule has 4 N–H and O–H groups in total. The van der Waals surface area contributed by atoms with Crippen molar-refractivity contribution >= 4 is 0 Å². The highest BCUT2D eigenvalue weighted by atomic mass is 16.3. The highest BCUT2D eigenvalue weighted by molar-refractivity contribution is 5.50. The van der Waals surface area contributed by atoms with Crippen molar-refractivity contribution in [2.75, 3.05) is 0 Å². The van der Waals surface area contributed by atoms with Gasteiger partial charge < -0.3 is 20.4 Å². The molecule has 0 heterocycles. The van der Waals surface area contributed by atoms with E-state index in [2.05, 4.69) is 45.0 Å². The van der Waals surface area contributed by atoms with Crippen molar-refractivity contribution < 1.29 is 20.4 Å². The largest absolute Gasteiger partial charge is 0.508 e. The number of aromatic hydroxyl groups is 4. The van der Waals surface area contributed by atoms with Gasteiger partial charge in [-0.3, -0.25) is 0 Å². The van der Waals surface area contributed by atoms with E-state index in [-0.39, 0.29) is 10.8 Å². The van der Waals surface area contributed by atoms with Crippen LogP contribution in [0.25, 0.3) is 0 Å². The molecule has 1 aliphatic rings. The monoisotopic (exact) mass is 592 g/mol. The molecule has 0 saturated heterocycles. The highest BCUT2D eigenvalue weighted by Crippen LogP contribution is 2.49. The molecule has 4 heteroatoms. The zero-order valence-electron chi connectivity index (χ0n) is 27.4. The Labute approximate surface area is 263 Å². The van der Waals surface area contributed by atoms with Crippen molar-refractivity contribution in [1.29, 1.82) is 0 Å². The molecule has 232 valence electrons. The third kappa shape index (κ3) is 6.18. The second-order valence-electron chi connectivity index (χ2n) is 14.3. The van der Waals surface area contributed by atoms with Gasteiger partial charge >= 0.3 is 0 Å². The summed E-state index contributed by atoms with van der Waals surface area (Å²) < 4.78 is 0. The fourth-order valence-electron chi connectivity index (χ4n) is 7.29. The van der Waals surface area contributed by atoms with Gasteiger partial charge in [-0.15, -0.1) is 0 Å². The molecule has 0 atom stereocenters. The molecule has 0 amide bonds. The minimum absolute atomic E-state index is 0.0252. The lowest BCUT2D eigenvalue weighted by atomic mass is 9.60. The fraction of sp³-hybridized carbons (Fsp3) is 0.400. The molecule has 0 aliphatic heterocycles. The van der Waals surface area contributed by atoms with E-state index in [1.165, 1.54) is 11.1 Å². The van der Waals surface area contributed by atoms with Gasteiger partial charge in [0.2, 0.25) is 0 Å². The van der Waals surface area contributed by atoms with Gasteiger partial charge in [-0.25, -0.2) is 0 Å². The normalized spacial score (nSPS) is 18.8. The van der Waals surface area contributed by atoms with E-state index in [1.54, 1.807) is 12.1 Å². The van der Waals surface area contributed by atoms with Crippen molar-refractivity contribution in [3.05, 3.63) is 116 Å². The predicted molar refractivity (Wildman–Crippen MR) is 179 cm³/mol. The lowest BCUT2D eigenvalue weighted by Crippen LogP contribution is -2.37. The van der Waals surface area contributed by atoms with Crippen LogP contribution in [0, 0.1) is 33.6 Å². The summed E-state index contributed by atoms with van der Waals surface area (Å²) in [4.78, 5) is 0. The van der Waals surface area contributed by atoms with Crippen LogP contribution in [0.15, 0.2) is 60.7 Å². The molecule has 0 spiro atoms. The number of hydrogen-bond acceptors (Lipinski definition) is 4. The molecule has 1 aliphatic carbocycles. The molecule has 0 aromatic heterocycles. The minimum Gasteiger partial charge on any atom is -0.508 e. The molecule has 1 fully saturated rings. The molecule has 1 saturated carbocycles. The maximum atomic E-state index is 11.0. The number of benzene rings is 4. The fourth-order valence-corrected chi connectivity index (χ4v) is 7.29. The van der Waals surface area contributed by atoms with Crippen molar-refractivity contribution in [3.63, 3.8) is 0 Å². The summed E-state index contributed by atoms with van der Waals surface area (Å²) >= 11 is 0. The first-order valence-corrected chi connectivity index (χ1v) is 15.9. The van der Waals surface area contributed by atoms with Crippen molar-refractivity contribution in [2.45, 2.75) is 97.8 Å². The standard InChI is InChI=1S/C40H48O4/c1-24-16-28(8-10-35(24)41)20-30-22-33(18-26(3)37(30)43)39(5,6)32-12-14-40(7,15-13-32)34-19-27(4)38(44)31(23-34)21-29-9-11-36(42)25(2)17-29/h8-11,16-19,22-23,32,41-44H,12-15,20-21H2,1-7H3. The Bertz CT molecular complexity index is 1690. The first kappa shape index (κ1) is 31.5. The van der Waals surface area contributed by atoms with Crippen molar-refractivity contribution in [1.82, 2.24) is 0 Å². The number of hydrogen-bond donors (Lipinski definition) is 4. The van der Waals surface area contributed by atoms with Crippen molar-refractivity contribution in [2.24, 2.45) is 5.92 Å². The van der Waals surface area contributed by atoms with Crippen LogP contribution in [0.2, 0.25) is 0 Å². The molecule has 0 unspecified atom stereocenters. The predicted octanol–water partition coefficient (Wildman–Crippen LogP) is 9.35. The average molecular weight is 593 g/mol. The van der Waals surface area contributed by atoms with Crippen LogP contribution in [0.3, 0.4) is 0 Å². The molecule has 4 aromatic rings. The summed E-state index contributed by atoms with van der Waals surface area (Å²) in [6.07, 6.45) is 5.58. The lowest BCUT2D eigenvalue weighted by molar-refractivity contribution is 0.178. The van der Waals surface area contributed by atoms with Crippen LogP contribution < -0.4 is 0 Å². The van der Waals surface area contributed by atoms with Gasteiger partial charge in [-0.1, -0.05) is 69.3 Å². The molecular weight excluding hydrogens is 544 g/mol. The lowest BCUT2D eigenvalue weighted by Gasteiger charge is -2.44. The van der Waals surface area contributed by atoms with Crippen LogP contribution in [0.4, 0.5) is 0 Å². The summed E-state index contributed by atoms with van der Waals surface area (Å²) in [5.74, 6) is 1.80. The van der Waals surface area contributed by atoms with Gasteiger partial charge in [0.25, 0.3) is 0 Å². The minimum atomic E-state index is -0.0633. The second-order valence-corrected chi connectivity index (χ2v) is 14.3. The Morgan fingerprint density at radius 3 is 1.61 bits per heavy atom. The summed E-state index contributed by atoms with van der Waals surface area (Å²) in [6, 6.07) is 20.0. The maximum Gasteiger partial charge on any atom is 0.122 e. The first-order chi connectivity index (χ1) is 20.7. The molecule has 0 radical (unpaired) electrons. The van der Waals surface area contributed by atoms with Gasteiger partial charge in [0.15, 0.2) is 0 Å². The Balaban J connectivity index is 1.36. The van der Waals surface area contributed by atoms with E-state index in [9.17, 15) is 20.4 Å². The van der Waals surface area contributed by atoms with Gasteiger partial charge in [0, 0.05) is 12.8 Å². The Morgan fingerprint density at radius 1 is 0.636 bits per heavy atom. The highest BCUT2D eigenvalue weighted by Gasteiger charge is 2.40. The third-order valence-corrected chi connectivity index (χ3v) is 10.6. The third-order valence-electron chi connectivity index (χ3n) is 10.6. The van der Waals surface area contributed by atoms with Crippen LogP contribution in [-0.2, 0) is 23.7 Å². The number of phenols is 4. The summed E-state index contributed by atoms with van der Waals surface area (Å²) in [5.41, 5.74) is 10.0. The van der Waals surface area contributed by atoms with E-state index < -0.39 is 0 Å². The van der Waals surface area contributed by atoms with E-state index in [0.29, 0.717) is 41.8 Å². The summed E-state index contributed by atoms with van der Waals surface area (Å²) in [6.45, 7) is 14.9. The average Bonchev–Trinajstić information content (AvgIpc) is 2.97. The van der Waals surface area contributed by atoms with Gasteiger partial charge in [-0.2, -0.15) is 0 Å². The maximum absolute atomic E-state index is 11.0. The molecule has 4 aromatic carbocycles. The number of phenolic OH excluding ortho intramolecular Hbond substituents is 4. The van der Waals surface area contributed by atoms with E-state index in [1.807, 2.05) is 52.0 Å². The topological polar surface area (TPSA) is 80.9 Å². The SMILES string of the molecule is Cc1cc(Cc2cc(C3(C)CCC(C(C)(C)c4cc(C)c(O)c(Cc5ccc(O)c(C)c5)c4)CC3)cc(C)c2O)ccc1O. The molecule has 0 bridgehead atoms. The molecule has 4 nitrogen and oxygen atoms in total. The van der Waals surface area contributed by atoms with Crippen LogP contribution in [0.5, 0.6) is 23.0 Å². The zero-order chi connectivity index (χ0) is 32.0. The van der Waals surface area contributed by atoms with E-state index in [4.69, 9.17) is 0 Å². The number of rotatable bonds is 7.